The van der Waals surface area contributed by atoms with Gasteiger partial charge in [0.1, 0.15) is 0 Å². The standard InChI is InChI=1S/C58H49NS/c1-56(2)36-57(3,4)53-35-55-49(34-52(53)56)46-29-26-43(33-54(46)60-55)59(42-27-30-51-48(32-42)45-19-13-14-20-50(45)58(51,5)6)41-25-28-44(47(31-41)39-17-11-8-12-18-39)40-23-21-38(22-24-40)37-15-9-7-10-16-37/h7-35H,36H2,1-6H3. The molecular formula is C58H49NS. The van der Waals surface area contributed by atoms with Gasteiger partial charge >= 0.3 is 0 Å². The van der Waals surface area contributed by atoms with Gasteiger partial charge in [-0.3, -0.25) is 0 Å². The van der Waals surface area contributed by atoms with Crippen LogP contribution in [-0.4, -0.2) is 0 Å². The number of rotatable bonds is 6. The minimum Gasteiger partial charge on any atom is -0.310 e. The van der Waals surface area contributed by atoms with Gasteiger partial charge in [-0.1, -0.05) is 169 Å². The first-order valence-electron chi connectivity index (χ1n) is 21.4. The van der Waals surface area contributed by atoms with Gasteiger partial charge in [0.2, 0.25) is 0 Å². The van der Waals surface area contributed by atoms with E-state index in [9.17, 15) is 0 Å². The summed E-state index contributed by atoms with van der Waals surface area (Å²) in [5.74, 6) is 0. The lowest BCUT2D eigenvalue weighted by Gasteiger charge is -2.28. The molecule has 0 N–H and O–H groups in total. The third kappa shape index (κ3) is 5.80. The van der Waals surface area contributed by atoms with Gasteiger partial charge in [0.15, 0.2) is 0 Å². The van der Waals surface area contributed by atoms with Crippen LogP contribution in [0.15, 0.2) is 176 Å². The number of hydrogen-bond donors (Lipinski definition) is 0. The zero-order chi connectivity index (χ0) is 41.0. The fourth-order valence-electron chi connectivity index (χ4n) is 10.9. The molecule has 0 spiro atoms. The van der Waals surface area contributed by atoms with Gasteiger partial charge in [-0.15, -0.1) is 11.3 Å². The second kappa shape index (κ2) is 13.4. The molecule has 1 nitrogen and oxygen atoms in total. The minimum atomic E-state index is -0.0626. The normalized spacial score (nSPS) is 15.5. The van der Waals surface area contributed by atoms with E-state index < -0.39 is 0 Å². The molecule has 2 heteroatoms. The monoisotopic (exact) mass is 791 g/mol. The molecule has 60 heavy (non-hydrogen) atoms. The molecule has 1 heterocycles. The first-order chi connectivity index (χ1) is 29.0. The van der Waals surface area contributed by atoms with E-state index in [2.05, 4.69) is 222 Å². The summed E-state index contributed by atoms with van der Waals surface area (Å²) in [6.07, 6.45) is 1.18. The van der Waals surface area contributed by atoms with Crippen molar-refractivity contribution in [2.75, 3.05) is 4.90 Å². The van der Waals surface area contributed by atoms with Crippen LogP contribution in [0.4, 0.5) is 17.1 Å². The van der Waals surface area contributed by atoms with Crippen molar-refractivity contribution in [1.29, 1.82) is 0 Å². The van der Waals surface area contributed by atoms with Crippen LogP contribution < -0.4 is 4.90 Å². The molecule has 0 saturated carbocycles. The Morgan fingerprint density at radius 1 is 0.367 bits per heavy atom. The molecule has 8 aromatic carbocycles. The third-order valence-electron chi connectivity index (χ3n) is 13.7. The summed E-state index contributed by atoms with van der Waals surface area (Å²) in [6.45, 7) is 14.4. The second-order valence-corrected chi connectivity index (χ2v) is 20.0. The smallest absolute Gasteiger partial charge is 0.0476 e. The molecule has 2 aliphatic rings. The topological polar surface area (TPSA) is 3.24 Å². The number of benzene rings is 8. The van der Waals surface area contributed by atoms with Crippen molar-refractivity contribution in [2.24, 2.45) is 0 Å². The summed E-state index contributed by atoms with van der Waals surface area (Å²) >= 11 is 1.93. The quantitative estimate of drug-likeness (QED) is 0.162. The van der Waals surface area contributed by atoms with E-state index in [1.165, 1.54) is 93.4 Å². The number of fused-ring (bicyclic) bond motifs is 7. The summed E-state index contributed by atoms with van der Waals surface area (Å²) in [6, 6.07) is 65.9. The first-order valence-corrected chi connectivity index (χ1v) is 22.2. The van der Waals surface area contributed by atoms with Gasteiger partial charge in [-0.2, -0.15) is 0 Å². The summed E-state index contributed by atoms with van der Waals surface area (Å²) in [7, 11) is 0. The zero-order valence-corrected chi connectivity index (χ0v) is 36.1. The highest BCUT2D eigenvalue weighted by Crippen LogP contribution is 2.54. The molecule has 0 saturated heterocycles. The van der Waals surface area contributed by atoms with Crippen molar-refractivity contribution in [3.63, 3.8) is 0 Å². The van der Waals surface area contributed by atoms with E-state index in [1.807, 2.05) is 11.3 Å². The van der Waals surface area contributed by atoms with Crippen molar-refractivity contribution in [3.8, 4) is 44.5 Å². The Morgan fingerprint density at radius 3 is 1.62 bits per heavy atom. The fraction of sp³-hybridized carbons (Fsp3) is 0.172. The van der Waals surface area contributed by atoms with Crippen molar-refractivity contribution >= 4 is 48.6 Å². The van der Waals surface area contributed by atoms with Crippen LogP contribution in [0.25, 0.3) is 64.7 Å². The number of hydrogen-bond acceptors (Lipinski definition) is 2. The maximum absolute atomic E-state index is 2.52. The lowest BCUT2D eigenvalue weighted by Crippen LogP contribution is -2.17. The number of nitrogens with zero attached hydrogens (tertiary/aromatic N) is 1. The Bertz CT molecular complexity index is 3130. The van der Waals surface area contributed by atoms with E-state index in [0.717, 1.165) is 17.1 Å². The maximum Gasteiger partial charge on any atom is 0.0476 e. The van der Waals surface area contributed by atoms with Gasteiger partial charge in [-0.25, -0.2) is 0 Å². The fourth-order valence-corrected chi connectivity index (χ4v) is 12.1. The second-order valence-electron chi connectivity index (χ2n) is 18.9. The molecule has 0 fully saturated rings. The summed E-state index contributed by atoms with van der Waals surface area (Å²) in [5.41, 5.74) is 19.4. The highest BCUT2D eigenvalue weighted by molar-refractivity contribution is 7.25. The van der Waals surface area contributed by atoms with Gasteiger partial charge in [-0.05, 0) is 133 Å². The Morgan fingerprint density at radius 2 is 0.883 bits per heavy atom. The zero-order valence-electron chi connectivity index (χ0n) is 35.3. The molecule has 9 aromatic rings. The average molecular weight is 792 g/mol. The molecule has 2 aliphatic carbocycles. The Kier molecular flexibility index (Phi) is 8.22. The maximum atomic E-state index is 2.52. The van der Waals surface area contributed by atoms with E-state index in [4.69, 9.17) is 0 Å². The summed E-state index contributed by atoms with van der Waals surface area (Å²) < 4.78 is 2.70. The molecule has 292 valence electrons. The highest BCUT2D eigenvalue weighted by Gasteiger charge is 2.42. The predicted molar refractivity (Wildman–Crippen MR) is 259 cm³/mol. The van der Waals surface area contributed by atoms with E-state index in [1.54, 1.807) is 0 Å². The Balaban J connectivity index is 1.10. The van der Waals surface area contributed by atoms with Gasteiger partial charge < -0.3 is 4.90 Å². The molecule has 0 atom stereocenters. The van der Waals surface area contributed by atoms with Crippen LogP contribution in [0, 0.1) is 0 Å². The van der Waals surface area contributed by atoms with Crippen molar-refractivity contribution < 1.29 is 0 Å². The van der Waals surface area contributed by atoms with Crippen molar-refractivity contribution in [3.05, 3.63) is 198 Å². The molecule has 0 radical (unpaired) electrons. The van der Waals surface area contributed by atoms with E-state index in [0.29, 0.717) is 0 Å². The molecule has 0 aliphatic heterocycles. The lowest BCUT2D eigenvalue weighted by atomic mass is 9.82. The molecule has 0 unspecified atom stereocenters. The van der Waals surface area contributed by atoms with Gasteiger partial charge in [0.25, 0.3) is 0 Å². The van der Waals surface area contributed by atoms with Crippen molar-refractivity contribution in [2.45, 2.75) is 64.2 Å². The summed E-state index contributed by atoms with van der Waals surface area (Å²) in [4.78, 5) is 2.49. The van der Waals surface area contributed by atoms with Gasteiger partial charge in [0, 0.05) is 42.6 Å². The van der Waals surface area contributed by atoms with Crippen LogP contribution in [-0.2, 0) is 16.2 Å². The van der Waals surface area contributed by atoms with Crippen LogP contribution in [0.1, 0.15) is 70.2 Å². The Hall–Kier alpha value is -6.22. The van der Waals surface area contributed by atoms with Crippen LogP contribution in [0.3, 0.4) is 0 Å². The highest BCUT2D eigenvalue weighted by atomic mass is 32.1. The molecule has 11 rings (SSSR count). The molecule has 0 bridgehead atoms. The molecule has 1 aromatic heterocycles. The van der Waals surface area contributed by atoms with Crippen LogP contribution in [0.2, 0.25) is 0 Å². The van der Waals surface area contributed by atoms with E-state index in [-0.39, 0.29) is 16.2 Å². The number of thiophene rings is 1. The largest absolute Gasteiger partial charge is 0.310 e. The lowest BCUT2D eigenvalue weighted by molar-refractivity contribution is 0.403. The first kappa shape index (κ1) is 36.8. The molecular weight excluding hydrogens is 743 g/mol. The van der Waals surface area contributed by atoms with Crippen molar-refractivity contribution in [1.82, 2.24) is 0 Å². The van der Waals surface area contributed by atoms with Crippen LogP contribution >= 0.6 is 11.3 Å². The molecule has 0 amide bonds. The predicted octanol–water partition coefficient (Wildman–Crippen LogP) is 16.8. The average Bonchev–Trinajstić information content (AvgIpc) is 3.80. The summed E-state index contributed by atoms with van der Waals surface area (Å²) in [5, 5.41) is 2.72. The number of anilines is 3. The van der Waals surface area contributed by atoms with Crippen LogP contribution in [0.5, 0.6) is 0 Å². The SMILES string of the molecule is CC1(C)CC(C)(C)c2cc3c(cc21)sc1cc(N(c2ccc(-c4ccc(-c5ccccc5)cc4)c(-c4ccccc4)c2)c2ccc4c(c2)-c2ccccc2C4(C)C)ccc13. The third-order valence-corrected chi connectivity index (χ3v) is 14.8. The van der Waals surface area contributed by atoms with Gasteiger partial charge in [0.05, 0.1) is 0 Å². The van der Waals surface area contributed by atoms with E-state index >= 15 is 0 Å². The minimum absolute atomic E-state index is 0.0626. The Labute approximate surface area is 358 Å².